The molecule has 0 aliphatic carbocycles. The van der Waals surface area contributed by atoms with Crippen molar-refractivity contribution in [1.82, 2.24) is 29.4 Å². The fraction of sp³-hybridized carbons (Fsp3) is 0.250. The summed E-state index contributed by atoms with van der Waals surface area (Å²) >= 11 is 0. The maximum Gasteiger partial charge on any atom is 0.303 e. The van der Waals surface area contributed by atoms with Gasteiger partial charge in [0, 0.05) is 81.6 Å². The molecule has 4 aromatic heterocycles. The first-order chi connectivity index (χ1) is 18.9. The van der Waals surface area contributed by atoms with E-state index in [0.29, 0.717) is 17.1 Å². The van der Waals surface area contributed by atoms with E-state index in [1.807, 2.05) is 36.4 Å². The number of esters is 1. The molecule has 5 heterocycles. The number of piperazine rings is 1. The van der Waals surface area contributed by atoms with Crippen LogP contribution in [0.3, 0.4) is 0 Å². The second-order valence-electron chi connectivity index (χ2n) is 9.51. The predicted molar refractivity (Wildman–Crippen MR) is 144 cm³/mol. The van der Waals surface area contributed by atoms with Crippen molar-refractivity contribution >= 4 is 23.1 Å². The van der Waals surface area contributed by atoms with E-state index in [1.165, 1.54) is 19.1 Å². The highest BCUT2D eigenvalue weighted by atomic mass is 19.1. The van der Waals surface area contributed by atoms with Gasteiger partial charge >= 0.3 is 5.97 Å². The summed E-state index contributed by atoms with van der Waals surface area (Å²) in [5.74, 6) is -0.185. The first-order valence-corrected chi connectivity index (χ1v) is 12.7. The number of halogens is 1. The molecular formula is C28H27FN8O2. The van der Waals surface area contributed by atoms with E-state index in [2.05, 4.69) is 42.1 Å². The molecule has 1 aliphatic rings. The van der Waals surface area contributed by atoms with Crippen LogP contribution in [-0.2, 0) is 16.6 Å². The molecule has 10 nitrogen and oxygen atoms in total. The fourth-order valence-electron chi connectivity index (χ4n) is 4.86. The van der Waals surface area contributed by atoms with Crippen molar-refractivity contribution in [2.45, 2.75) is 13.0 Å². The lowest BCUT2D eigenvalue weighted by atomic mass is 10.0. The maximum atomic E-state index is 13.4. The third-order valence-corrected chi connectivity index (χ3v) is 6.85. The summed E-state index contributed by atoms with van der Waals surface area (Å²) in [5, 5.41) is 8.85. The molecule has 1 fully saturated rings. The van der Waals surface area contributed by atoms with Gasteiger partial charge in [-0.2, -0.15) is 10.2 Å². The van der Waals surface area contributed by atoms with Crippen LogP contribution in [0.5, 0.6) is 0 Å². The molecule has 1 unspecified atom stereocenters. The van der Waals surface area contributed by atoms with E-state index in [0.717, 1.165) is 48.5 Å². The van der Waals surface area contributed by atoms with Crippen LogP contribution in [0.15, 0.2) is 73.6 Å². The van der Waals surface area contributed by atoms with Crippen molar-refractivity contribution in [2.24, 2.45) is 7.05 Å². The first kappa shape index (κ1) is 24.5. The van der Waals surface area contributed by atoms with Gasteiger partial charge in [0.05, 0.1) is 23.6 Å². The van der Waals surface area contributed by atoms with Crippen molar-refractivity contribution < 1.29 is 13.9 Å². The predicted octanol–water partition coefficient (Wildman–Crippen LogP) is 3.64. The molecule has 39 heavy (non-hydrogen) atoms. The van der Waals surface area contributed by atoms with Crippen molar-refractivity contribution in [3.63, 3.8) is 0 Å². The standard InChI is InChI=1S/C28H27FN8O2/c1-19(38)39-27(20-3-6-24(29)7-4-20)22-13-30-28(31-14-22)36-11-9-35(10-12-36)26-16-33-37-18-21(5-8-25(26)37)23-15-32-34(2)17-23/h3-8,13-18,27H,9-12H2,1-2H3. The Morgan fingerprint density at radius 3 is 2.23 bits per heavy atom. The van der Waals surface area contributed by atoms with E-state index < -0.39 is 12.1 Å². The summed E-state index contributed by atoms with van der Waals surface area (Å²) in [4.78, 5) is 25.3. The molecule has 0 saturated carbocycles. The van der Waals surface area contributed by atoms with E-state index >= 15 is 0 Å². The Kier molecular flexibility index (Phi) is 6.39. The number of rotatable bonds is 6. The van der Waals surface area contributed by atoms with Crippen LogP contribution in [0, 0.1) is 5.82 Å². The second kappa shape index (κ2) is 10.2. The monoisotopic (exact) mass is 526 g/mol. The maximum absolute atomic E-state index is 13.4. The molecule has 0 N–H and O–H groups in total. The fourth-order valence-corrected chi connectivity index (χ4v) is 4.86. The number of ether oxygens (including phenoxy) is 1. The highest BCUT2D eigenvalue weighted by Gasteiger charge is 2.23. The van der Waals surface area contributed by atoms with E-state index in [1.54, 1.807) is 29.2 Å². The smallest absolute Gasteiger partial charge is 0.303 e. The molecule has 0 radical (unpaired) electrons. The van der Waals surface area contributed by atoms with Crippen LogP contribution in [0.1, 0.15) is 24.2 Å². The highest BCUT2D eigenvalue weighted by molar-refractivity contribution is 5.75. The Balaban J connectivity index is 1.14. The summed E-state index contributed by atoms with van der Waals surface area (Å²) in [6.07, 6.45) is 10.4. The van der Waals surface area contributed by atoms with Gasteiger partial charge in [-0.1, -0.05) is 18.2 Å². The molecule has 1 saturated heterocycles. The first-order valence-electron chi connectivity index (χ1n) is 12.7. The van der Waals surface area contributed by atoms with Crippen molar-refractivity contribution in [1.29, 1.82) is 0 Å². The molecule has 1 atom stereocenters. The van der Waals surface area contributed by atoms with Crippen LogP contribution < -0.4 is 9.80 Å². The number of nitrogens with zero attached hydrogens (tertiary/aromatic N) is 8. The zero-order valence-electron chi connectivity index (χ0n) is 21.6. The summed E-state index contributed by atoms with van der Waals surface area (Å²) in [7, 11) is 1.90. The van der Waals surface area contributed by atoms with Crippen LogP contribution >= 0.6 is 0 Å². The van der Waals surface area contributed by atoms with E-state index in [-0.39, 0.29) is 5.82 Å². The molecule has 1 aliphatic heterocycles. The quantitative estimate of drug-likeness (QED) is 0.310. The Morgan fingerprint density at radius 1 is 0.846 bits per heavy atom. The van der Waals surface area contributed by atoms with E-state index in [9.17, 15) is 9.18 Å². The minimum Gasteiger partial charge on any atom is -0.453 e. The van der Waals surface area contributed by atoms with Gasteiger partial charge in [-0.3, -0.25) is 9.48 Å². The lowest BCUT2D eigenvalue weighted by Gasteiger charge is -2.35. The number of carbonyl (C=O) groups is 1. The van der Waals surface area contributed by atoms with Gasteiger partial charge in [0.1, 0.15) is 5.82 Å². The minimum absolute atomic E-state index is 0.357. The molecule has 5 aromatic rings. The molecule has 198 valence electrons. The van der Waals surface area contributed by atoms with Crippen LogP contribution in [0.25, 0.3) is 16.6 Å². The van der Waals surface area contributed by atoms with E-state index in [4.69, 9.17) is 4.74 Å². The number of carbonyl (C=O) groups excluding carboxylic acids is 1. The van der Waals surface area contributed by atoms with Gasteiger partial charge in [0.25, 0.3) is 0 Å². The largest absolute Gasteiger partial charge is 0.453 e. The number of anilines is 2. The van der Waals surface area contributed by atoms with Crippen molar-refractivity contribution in [3.8, 4) is 11.1 Å². The average molecular weight is 527 g/mol. The van der Waals surface area contributed by atoms with Gasteiger partial charge in [-0.15, -0.1) is 0 Å². The Bertz CT molecular complexity index is 1610. The molecule has 11 heteroatoms. The molecular weight excluding hydrogens is 499 g/mol. The Labute approximate surface area is 224 Å². The molecule has 6 rings (SSSR count). The number of hydrogen-bond donors (Lipinski definition) is 0. The van der Waals surface area contributed by atoms with Crippen molar-refractivity contribution in [2.75, 3.05) is 36.0 Å². The van der Waals surface area contributed by atoms with Gasteiger partial charge < -0.3 is 14.5 Å². The summed E-state index contributed by atoms with van der Waals surface area (Å²) < 4.78 is 22.6. The number of aryl methyl sites for hydroxylation is 1. The lowest BCUT2D eigenvalue weighted by molar-refractivity contribution is -0.144. The van der Waals surface area contributed by atoms with Gasteiger partial charge in [0.15, 0.2) is 6.10 Å². The third kappa shape index (κ3) is 5.02. The van der Waals surface area contributed by atoms with Crippen LogP contribution in [0.2, 0.25) is 0 Å². The average Bonchev–Trinajstić information content (AvgIpc) is 3.58. The van der Waals surface area contributed by atoms with Crippen LogP contribution in [0.4, 0.5) is 16.0 Å². The summed E-state index contributed by atoms with van der Waals surface area (Å²) in [6.45, 7) is 4.42. The Morgan fingerprint density at radius 2 is 1.56 bits per heavy atom. The summed E-state index contributed by atoms with van der Waals surface area (Å²) in [5.41, 5.74) is 5.52. The second-order valence-corrected chi connectivity index (χ2v) is 9.51. The van der Waals surface area contributed by atoms with Gasteiger partial charge in [0.2, 0.25) is 5.95 Å². The highest BCUT2D eigenvalue weighted by Crippen LogP contribution is 2.28. The molecule has 0 spiro atoms. The SMILES string of the molecule is CC(=O)OC(c1ccc(F)cc1)c1cnc(N2CCN(c3cnn4cc(-c5cnn(C)c5)ccc34)CC2)nc1. The number of fused-ring (bicyclic) bond motifs is 1. The Hall–Kier alpha value is -4.80. The normalized spacial score (nSPS) is 14.5. The van der Waals surface area contributed by atoms with Crippen LogP contribution in [-0.4, -0.2) is 61.5 Å². The van der Waals surface area contributed by atoms with Gasteiger partial charge in [-0.25, -0.2) is 18.9 Å². The lowest BCUT2D eigenvalue weighted by Crippen LogP contribution is -2.47. The van der Waals surface area contributed by atoms with Gasteiger partial charge in [-0.05, 0) is 23.8 Å². The zero-order chi connectivity index (χ0) is 26.9. The zero-order valence-corrected chi connectivity index (χ0v) is 21.6. The number of pyridine rings is 1. The minimum atomic E-state index is -0.705. The number of benzene rings is 1. The van der Waals surface area contributed by atoms with Crippen molar-refractivity contribution in [3.05, 3.63) is 90.5 Å². The molecule has 1 aromatic carbocycles. The summed E-state index contributed by atoms with van der Waals surface area (Å²) in [6, 6.07) is 10.1. The molecule has 0 amide bonds. The molecule has 0 bridgehead atoms. The number of hydrogen-bond acceptors (Lipinski definition) is 8. The number of aromatic nitrogens is 6. The topological polar surface area (TPSA) is 93.7 Å². The third-order valence-electron chi connectivity index (χ3n) is 6.85.